The third kappa shape index (κ3) is 5.15. The molecule has 0 N–H and O–H groups in total. The minimum Gasteiger partial charge on any atom is -0.305 e. The first-order valence-electron chi connectivity index (χ1n) is 9.88. The van der Waals surface area contributed by atoms with E-state index in [4.69, 9.17) is 0 Å². The predicted octanol–water partition coefficient (Wildman–Crippen LogP) is 5.81. The maximum absolute atomic E-state index is 13.8. The molecule has 3 atom stereocenters. The SMILES string of the molecule is C[C@H](C[C@H](C1C=CC=C1N=C(c1ccccc1)C(F)(F)F)N(C)C)C1C=CC=C1. The van der Waals surface area contributed by atoms with Crippen LogP contribution in [0.4, 0.5) is 13.2 Å². The fourth-order valence-corrected chi connectivity index (χ4v) is 3.98. The van der Waals surface area contributed by atoms with Crippen molar-refractivity contribution in [2.75, 3.05) is 14.1 Å². The smallest absolute Gasteiger partial charge is 0.305 e. The van der Waals surface area contributed by atoms with Gasteiger partial charge in [0.2, 0.25) is 0 Å². The lowest BCUT2D eigenvalue weighted by Gasteiger charge is -2.33. The predicted molar refractivity (Wildman–Crippen MR) is 113 cm³/mol. The van der Waals surface area contributed by atoms with Crippen molar-refractivity contribution in [2.45, 2.75) is 25.6 Å². The fourth-order valence-electron chi connectivity index (χ4n) is 3.98. The van der Waals surface area contributed by atoms with Gasteiger partial charge in [0.05, 0.1) is 0 Å². The maximum atomic E-state index is 13.8. The molecule has 1 aromatic rings. The molecule has 0 aromatic heterocycles. The summed E-state index contributed by atoms with van der Waals surface area (Å²) in [5.41, 5.74) is -0.294. The van der Waals surface area contributed by atoms with Crippen molar-refractivity contribution in [2.24, 2.45) is 22.7 Å². The molecule has 0 saturated carbocycles. The van der Waals surface area contributed by atoms with Crippen molar-refractivity contribution in [1.29, 1.82) is 0 Å². The Hall–Kier alpha value is -2.40. The molecular weight excluding hydrogens is 373 g/mol. The van der Waals surface area contributed by atoms with Crippen LogP contribution < -0.4 is 0 Å². The van der Waals surface area contributed by atoms with Gasteiger partial charge in [-0.05, 0) is 38.4 Å². The molecule has 3 rings (SSSR count). The third-order valence-corrected chi connectivity index (χ3v) is 5.61. The highest BCUT2D eigenvalue weighted by atomic mass is 19.4. The molecule has 0 fully saturated rings. The standard InChI is InChI=1S/C24H27F3N2/c1-17(18-10-7-8-11-18)16-22(29(2)3)20-14-9-15-21(20)28-23(24(25,26)27)19-12-5-4-6-13-19/h4-15,17-18,20,22H,16H2,1-3H3/t17-,20?,22-/m1/s1. The summed E-state index contributed by atoms with van der Waals surface area (Å²) in [6.07, 6.45) is 10.3. The zero-order chi connectivity index (χ0) is 21.0. The zero-order valence-corrected chi connectivity index (χ0v) is 17.0. The minimum atomic E-state index is -4.52. The van der Waals surface area contributed by atoms with Crippen LogP contribution in [0.25, 0.3) is 0 Å². The molecule has 0 saturated heterocycles. The van der Waals surface area contributed by atoms with Crippen LogP contribution in [0, 0.1) is 17.8 Å². The molecule has 0 bridgehead atoms. The third-order valence-electron chi connectivity index (χ3n) is 5.61. The Morgan fingerprint density at radius 3 is 2.28 bits per heavy atom. The minimum absolute atomic E-state index is 0.0615. The topological polar surface area (TPSA) is 15.6 Å². The summed E-state index contributed by atoms with van der Waals surface area (Å²) in [5, 5.41) is 0. The van der Waals surface area contributed by atoms with Gasteiger partial charge in [-0.1, -0.05) is 73.7 Å². The van der Waals surface area contributed by atoms with Crippen LogP contribution in [0.5, 0.6) is 0 Å². The number of allylic oxidation sites excluding steroid dienone is 6. The Morgan fingerprint density at radius 2 is 1.69 bits per heavy atom. The Morgan fingerprint density at radius 1 is 1.03 bits per heavy atom. The van der Waals surface area contributed by atoms with Gasteiger partial charge in [0.1, 0.15) is 0 Å². The molecule has 154 valence electrons. The highest BCUT2D eigenvalue weighted by Crippen LogP contribution is 2.34. The summed E-state index contributed by atoms with van der Waals surface area (Å²) in [6, 6.07) is 7.87. The van der Waals surface area contributed by atoms with E-state index in [-0.39, 0.29) is 17.5 Å². The monoisotopic (exact) mass is 400 g/mol. The quantitative estimate of drug-likeness (QED) is 0.528. The maximum Gasteiger partial charge on any atom is 0.433 e. The van der Waals surface area contributed by atoms with E-state index in [0.29, 0.717) is 17.5 Å². The van der Waals surface area contributed by atoms with Gasteiger partial charge in [0, 0.05) is 23.2 Å². The van der Waals surface area contributed by atoms with E-state index in [1.165, 1.54) is 12.1 Å². The molecule has 0 heterocycles. The van der Waals surface area contributed by atoms with Crippen molar-refractivity contribution in [3.63, 3.8) is 0 Å². The Kier molecular flexibility index (Phi) is 6.58. The average Bonchev–Trinajstić information content (AvgIpc) is 3.35. The second kappa shape index (κ2) is 8.95. The summed E-state index contributed by atoms with van der Waals surface area (Å²) < 4.78 is 41.3. The molecule has 2 nitrogen and oxygen atoms in total. The lowest BCUT2D eigenvalue weighted by atomic mass is 9.84. The van der Waals surface area contributed by atoms with Crippen LogP contribution in [0.3, 0.4) is 0 Å². The summed E-state index contributed by atoms with van der Waals surface area (Å²) in [5.74, 6) is 0.574. The van der Waals surface area contributed by atoms with Crippen LogP contribution in [-0.4, -0.2) is 36.9 Å². The number of benzene rings is 1. The summed E-state index contributed by atoms with van der Waals surface area (Å²) in [7, 11) is 3.96. The molecule has 5 heteroatoms. The van der Waals surface area contributed by atoms with Gasteiger partial charge in [-0.25, -0.2) is 4.99 Å². The van der Waals surface area contributed by atoms with Crippen molar-refractivity contribution in [1.82, 2.24) is 4.90 Å². The molecule has 0 amide bonds. The number of halogens is 3. The highest BCUT2D eigenvalue weighted by molar-refractivity contribution is 6.05. The van der Waals surface area contributed by atoms with E-state index in [9.17, 15) is 13.2 Å². The molecule has 1 aromatic carbocycles. The van der Waals surface area contributed by atoms with E-state index in [2.05, 4.69) is 29.0 Å². The average molecular weight is 400 g/mol. The number of hydrogen-bond acceptors (Lipinski definition) is 2. The largest absolute Gasteiger partial charge is 0.433 e. The first-order chi connectivity index (χ1) is 13.8. The lowest BCUT2D eigenvalue weighted by Crippen LogP contribution is -2.37. The van der Waals surface area contributed by atoms with Gasteiger partial charge in [0.15, 0.2) is 5.71 Å². The highest BCUT2D eigenvalue weighted by Gasteiger charge is 2.38. The van der Waals surface area contributed by atoms with Gasteiger partial charge in [0.25, 0.3) is 0 Å². The number of alkyl halides is 3. The molecule has 1 unspecified atom stereocenters. The summed E-state index contributed by atoms with van der Waals surface area (Å²) in [4.78, 5) is 6.24. The first-order valence-corrected chi connectivity index (χ1v) is 9.88. The molecule has 0 spiro atoms. The van der Waals surface area contributed by atoms with Crippen molar-refractivity contribution < 1.29 is 13.2 Å². The second-order valence-electron chi connectivity index (χ2n) is 7.92. The Bertz CT molecular complexity index is 833. The van der Waals surface area contributed by atoms with Crippen molar-refractivity contribution in [3.8, 4) is 0 Å². The fraction of sp³-hybridized carbons (Fsp3) is 0.375. The number of hydrogen-bond donors (Lipinski definition) is 0. The lowest BCUT2D eigenvalue weighted by molar-refractivity contribution is -0.0581. The van der Waals surface area contributed by atoms with Crippen molar-refractivity contribution >= 4 is 5.71 Å². The van der Waals surface area contributed by atoms with E-state index in [1.54, 1.807) is 24.3 Å². The summed E-state index contributed by atoms with van der Waals surface area (Å²) >= 11 is 0. The Labute approximate surface area is 170 Å². The molecule has 0 aliphatic heterocycles. The van der Waals surface area contributed by atoms with Gasteiger partial charge >= 0.3 is 6.18 Å². The van der Waals surface area contributed by atoms with Gasteiger partial charge in [-0.2, -0.15) is 13.2 Å². The molecular formula is C24H27F3N2. The van der Waals surface area contributed by atoms with E-state index < -0.39 is 11.9 Å². The van der Waals surface area contributed by atoms with Crippen LogP contribution in [0.1, 0.15) is 18.9 Å². The van der Waals surface area contributed by atoms with Crippen LogP contribution in [0.15, 0.2) is 83.6 Å². The van der Waals surface area contributed by atoms with Crippen LogP contribution in [0.2, 0.25) is 0 Å². The molecule has 2 aliphatic carbocycles. The Balaban J connectivity index is 1.87. The van der Waals surface area contributed by atoms with E-state index >= 15 is 0 Å². The van der Waals surface area contributed by atoms with Crippen LogP contribution in [-0.2, 0) is 0 Å². The van der Waals surface area contributed by atoms with E-state index in [0.717, 1.165) is 6.42 Å². The van der Waals surface area contributed by atoms with Gasteiger partial charge < -0.3 is 4.90 Å². The van der Waals surface area contributed by atoms with E-state index in [1.807, 2.05) is 38.4 Å². The number of nitrogens with zero attached hydrogens (tertiary/aromatic N) is 2. The molecule has 2 aliphatic rings. The number of rotatable bonds is 7. The van der Waals surface area contributed by atoms with Crippen LogP contribution >= 0.6 is 0 Å². The summed E-state index contributed by atoms with van der Waals surface area (Å²) in [6.45, 7) is 2.19. The normalized spacial score (nSPS) is 21.8. The zero-order valence-electron chi connectivity index (χ0n) is 17.0. The molecule has 0 radical (unpaired) electrons. The first kappa shape index (κ1) is 21.3. The number of aliphatic imine (C=N–C) groups is 1. The molecule has 29 heavy (non-hydrogen) atoms. The van der Waals surface area contributed by atoms with Gasteiger partial charge in [-0.3, -0.25) is 0 Å². The second-order valence-corrected chi connectivity index (χ2v) is 7.92. The van der Waals surface area contributed by atoms with Gasteiger partial charge in [-0.15, -0.1) is 0 Å². The van der Waals surface area contributed by atoms with Crippen molar-refractivity contribution in [3.05, 3.63) is 84.1 Å².